The van der Waals surface area contributed by atoms with Gasteiger partial charge in [0.05, 0.1) is 18.1 Å². The Labute approximate surface area is 124 Å². The Balaban J connectivity index is 2.10. The van der Waals surface area contributed by atoms with Crippen LogP contribution in [0.3, 0.4) is 0 Å². The maximum Gasteiger partial charge on any atom is 0.310 e. The molecule has 1 aliphatic heterocycles. The van der Waals surface area contributed by atoms with Gasteiger partial charge in [-0.3, -0.25) is 9.59 Å². The molecule has 1 aromatic rings. The average Bonchev–Trinajstić information content (AvgIpc) is 2.54. The van der Waals surface area contributed by atoms with E-state index in [-0.39, 0.29) is 17.8 Å². The first-order valence-corrected chi connectivity index (χ1v) is 7.26. The van der Waals surface area contributed by atoms with E-state index in [1.165, 1.54) is 0 Å². The second-order valence-electron chi connectivity index (χ2n) is 4.99. The number of ether oxygens (including phenoxy) is 1. The number of carbonyl (C=O) groups excluding carboxylic acids is 2. The zero-order valence-electron chi connectivity index (χ0n) is 12.5. The van der Waals surface area contributed by atoms with Gasteiger partial charge in [0.15, 0.2) is 0 Å². The van der Waals surface area contributed by atoms with Crippen LogP contribution in [0, 0.1) is 5.92 Å². The number of aromatic nitrogens is 1. The van der Waals surface area contributed by atoms with Crippen LogP contribution >= 0.6 is 0 Å². The lowest BCUT2D eigenvalue weighted by Crippen LogP contribution is -2.43. The van der Waals surface area contributed by atoms with E-state index in [1.807, 2.05) is 0 Å². The summed E-state index contributed by atoms with van der Waals surface area (Å²) in [6.07, 6.45) is 3.22. The minimum Gasteiger partial charge on any atom is -0.466 e. The van der Waals surface area contributed by atoms with Gasteiger partial charge in [0.25, 0.3) is 5.91 Å². The van der Waals surface area contributed by atoms with Crippen molar-refractivity contribution in [1.29, 1.82) is 0 Å². The molecule has 2 rings (SSSR count). The fraction of sp³-hybridized carbons (Fsp3) is 0.533. The number of piperidine rings is 1. The monoisotopic (exact) mass is 291 g/mol. The average molecular weight is 291 g/mol. The van der Waals surface area contributed by atoms with Gasteiger partial charge in [-0.15, -0.1) is 0 Å². The number of carbonyl (C=O) groups is 2. The SMILES string of the molecule is CCOC(=O)C1CCCN(C(=O)c2cccnc2NC)C1. The van der Waals surface area contributed by atoms with Gasteiger partial charge in [0, 0.05) is 26.3 Å². The van der Waals surface area contributed by atoms with Crippen molar-refractivity contribution >= 4 is 17.7 Å². The van der Waals surface area contributed by atoms with E-state index in [0.717, 1.165) is 12.8 Å². The summed E-state index contributed by atoms with van der Waals surface area (Å²) in [5, 5.41) is 2.92. The van der Waals surface area contributed by atoms with Gasteiger partial charge in [0.1, 0.15) is 5.82 Å². The van der Waals surface area contributed by atoms with E-state index in [0.29, 0.717) is 31.1 Å². The Hall–Kier alpha value is -2.11. The lowest BCUT2D eigenvalue weighted by Gasteiger charge is -2.31. The Morgan fingerprint density at radius 1 is 1.52 bits per heavy atom. The molecule has 6 heteroatoms. The van der Waals surface area contributed by atoms with Crippen molar-refractivity contribution in [3.8, 4) is 0 Å². The number of esters is 1. The summed E-state index contributed by atoms with van der Waals surface area (Å²) in [5.41, 5.74) is 0.532. The van der Waals surface area contributed by atoms with Crippen LogP contribution in [0.1, 0.15) is 30.1 Å². The van der Waals surface area contributed by atoms with Gasteiger partial charge < -0.3 is 15.0 Å². The molecule has 0 saturated carbocycles. The first kappa shape index (κ1) is 15.3. The van der Waals surface area contributed by atoms with Gasteiger partial charge in [-0.2, -0.15) is 0 Å². The van der Waals surface area contributed by atoms with E-state index in [1.54, 1.807) is 37.2 Å². The molecule has 0 aliphatic carbocycles. The third-order valence-electron chi connectivity index (χ3n) is 3.60. The van der Waals surface area contributed by atoms with Crippen molar-refractivity contribution in [1.82, 2.24) is 9.88 Å². The summed E-state index contributed by atoms with van der Waals surface area (Å²) in [5.74, 6) is 0.0228. The highest BCUT2D eigenvalue weighted by Crippen LogP contribution is 2.21. The van der Waals surface area contributed by atoms with Crippen LogP contribution < -0.4 is 5.32 Å². The molecule has 1 fully saturated rings. The van der Waals surface area contributed by atoms with E-state index < -0.39 is 0 Å². The third-order valence-corrected chi connectivity index (χ3v) is 3.60. The number of anilines is 1. The number of nitrogens with zero attached hydrogens (tertiary/aromatic N) is 2. The van der Waals surface area contributed by atoms with E-state index in [9.17, 15) is 9.59 Å². The molecule has 1 N–H and O–H groups in total. The van der Waals surface area contributed by atoms with Crippen LogP contribution in [0.15, 0.2) is 18.3 Å². The number of hydrogen-bond donors (Lipinski definition) is 1. The van der Waals surface area contributed by atoms with Crippen molar-refractivity contribution < 1.29 is 14.3 Å². The zero-order chi connectivity index (χ0) is 15.2. The van der Waals surface area contributed by atoms with Crippen LogP contribution in [0.5, 0.6) is 0 Å². The van der Waals surface area contributed by atoms with Crippen molar-refractivity contribution in [2.24, 2.45) is 5.92 Å². The third kappa shape index (κ3) is 3.51. The molecule has 0 aromatic carbocycles. The summed E-state index contributed by atoms with van der Waals surface area (Å²) < 4.78 is 5.06. The van der Waals surface area contributed by atoms with E-state index in [4.69, 9.17) is 4.74 Å². The highest BCUT2D eigenvalue weighted by Gasteiger charge is 2.30. The van der Waals surface area contributed by atoms with Crippen molar-refractivity contribution in [2.75, 3.05) is 32.1 Å². The molecule has 1 saturated heterocycles. The summed E-state index contributed by atoms with van der Waals surface area (Å²) in [6, 6.07) is 3.48. The molecule has 6 nitrogen and oxygen atoms in total. The number of hydrogen-bond acceptors (Lipinski definition) is 5. The quantitative estimate of drug-likeness (QED) is 0.852. The highest BCUT2D eigenvalue weighted by atomic mass is 16.5. The Morgan fingerprint density at radius 3 is 3.05 bits per heavy atom. The van der Waals surface area contributed by atoms with Crippen LogP contribution in [0.4, 0.5) is 5.82 Å². The van der Waals surface area contributed by atoms with Crippen LogP contribution in [-0.4, -0.2) is 48.5 Å². The Bertz CT molecular complexity index is 519. The van der Waals surface area contributed by atoms with Gasteiger partial charge in [-0.1, -0.05) is 0 Å². The maximum atomic E-state index is 12.6. The minimum absolute atomic E-state index is 0.0959. The molecule has 0 spiro atoms. The number of nitrogens with one attached hydrogen (secondary N) is 1. The van der Waals surface area contributed by atoms with Crippen molar-refractivity contribution in [2.45, 2.75) is 19.8 Å². The largest absolute Gasteiger partial charge is 0.466 e. The molecule has 0 bridgehead atoms. The molecule has 2 heterocycles. The van der Waals surface area contributed by atoms with Crippen molar-refractivity contribution in [3.63, 3.8) is 0 Å². The van der Waals surface area contributed by atoms with Gasteiger partial charge in [-0.25, -0.2) is 4.98 Å². The highest BCUT2D eigenvalue weighted by molar-refractivity contribution is 5.99. The number of likely N-dealkylation sites (tertiary alicyclic amines) is 1. The van der Waals surface area contributed by atoms with Crippen LogP contribution in [-0.2, 0) is 9.53 Å². The van der Waals surface area contributed by atoms with Gasteiger partial charge in [-0.05, 0) is 31.9 Å². The topological polar surface area (TPSA) is 71.5 Å². The predicted octanol–water partition coefficient (Wildman–Crippen LogP) is 1.54. The van der Waals surface area contributed by atoms with Gasteiger partial charge >= 0.3 is 5.97 Å². The summed E-state index contributed by atoms with van der Waals surface area (Å²) in [7, 11) is 1.73. The lowest BCUT2D eigenvalue weighted by molar-refractivity contribution is -0.149. The van der Waals surface area contributed by atoms with Crippen LogP contribution in [0.2, 0.25) is 0 Å². The normalized spacial score (nSPS) is 18.2. The minimum atomic E-state index is -0.225. The molecule has 1 amide bonds. The summed E-state index contributed by atoms with van der Waals surface area (Å²) in [6.45, 7) is 3.23. The molecular formula is C15H21N3O3. The first-order chi connectivity index (χ1) is 10.2. The Morgan fingerprint density at radius 2 is 2.33 bits per heavy atom. The Kier molecular flexibility index (Phi) is 5.14. The second kappa shape index (κ2) is 7.06. The predicted molar refractivity (Wildman–Crippen MR) is 79.0 cm³/mol. The van der Waals surface area contributed by atoms with Crippen LogP contribution in [0.25, 0.3) is 0 Å². The fourth-order valence-corrected chi connectivity index (χ4v) is 2.56. The number of amides is 1. The van der Waals surface area contributed by atoms with Gasteiger partial charge in [0.2, 0.25) is 0 Å². The van der Waals surface area contributed by atoms with E-state index >= 15 is 0 Å². The molecule has 0 radical (unpaired) electrons. The summed E-state index contributed by atoms with van der Waals surface area (Å²) >= 11 is 0. The fourth-order valence-electron chi connectivity index (χ4n) is 2.56. The second-order valence-corrected chi connectivity index (χ2v) is 4.99. The molecule has 1 unspecified atom stereocenters. The molecule has 21 heavy (non-hydrogen) atoms. The lowest BCUT2D eigenvalue weighted by atomic mass is 9.97. The number of rotatable bonds is 4. The smallest absolute Gasteiger partial charge is 0.310 e. The number of pyridine rings is 1. The molecule has 114 valence electrons. The standard InChI is InChI=1S/C15H21N3O3/c1-3-21-15(20)11-6-5-9-18(10-11)14(19)12-7-4-8-17-13(12)16-2/h4,7-8,11H,3,5-6,9-10H2,1-2H3,(H,16,17). The molecule has 1 aromatic heterocycles. The first-order valence-electron chi connectivity index (χ1n) is 7.26. The van der Waals surface area contributed by atoms with Crippen molar-refractivity contribution in [3.05, 3.63) is 23.9 Å². The van der Waals surface area contributed by atoms with E-state index in [2.05, 4.69) is 10.3 Å². The molecular weight excluding hydrogens is 270 g/mol. The molecule has 1 atom stereocenters. The molecule has 1 aliphatic rings. The summed E-state index contributed by atoms with van der Waals surface area (Å²) in [4.78, 5) is 30.3. The zero-order valence-corrected chi connectivity index (χ0v) is 12.5. The maximum absolute atomic E-state index is 12.6.